The second kappa shape index (κ2) is 5.77. The van der Waals surface area contributed by atoms with Gasteiger partial charge in [0.25, 0.3) is 5.91 Å². The molecule has 0 aliphatic carbocycles. The Bertz CT molecular complexity index is 567. The molecule has 104 valence electrons. The number of benzene rings is 1. The van der Waals surface area contributed by atoms with Crippen molar-refractivity contribution in [3.05, 3.63) is 58.3 Å². The van der Waals surface area contributed by atoms with Crippen molar-refractivity contribution in [1.29, 1.82) is 0 Å². The van der Waals surface area contributed by atoms with E-state index in [0.29, 0.717) is 12.5 Å². The van der Waals surface area contributed by atoms with Crippen LogP contribution in [0.4, 0.5) is 0 Å². The lowest BCUT2D eigenvalue weighted by atomic mass is 9.93. The molecule has 2 aromatic rings. The predicted molar refractivity (Wildman–Crippen MR) is 82.0 cm³/mol. The van der Waals surface area contributed by atoms with Crippen LogP contribution in [0.3, 0.4) is 0 Å². The third kappa shape index (κ3) is 2.76. The van der Waals surface area contributed by atoms with Gasteiger partial charge < -0.3 is 10.6 Å². The zero-order chi connectivity index (χ0) is 13.9. The summed E-state index contributed by atoms with van der Waals surface area (Å²) in [5.41, 5.74) is 6.89. The monoisotopic (exact) mass is 286 g/mol. The smallest absolute Gasteiger partial charge is 0.253 e. The van der Waals surface area contributed by atoms with Crippen LogP contribution in [0.1, 0.15) is 27.6 Å². The van der Waals surface area contributed by atoms with E-state index in [9.17, 15) is 4.79 Å². The molecule has 1 aromatic heterocycles. The minimum absolute atomic E-state index is 0.0588. The summed E-state index contributed by atoms with van der Waals surface area (Å²) in [6.07, 6.45) is 0.957. The van der Waals surface area contributed by atoms with Gasteiger partial charge >= 0.3 is 0 Å². The average molecular weight is 286 g/mol. The Labute approximate surface area is 123 Å². The van der Waals surface area contributed by atoms with Gasteiger partial charge in [-0.15, -0.1) is 11.3 Å². The van der Waals surface area contributed by atoms with Gasteiger partial charge in [-0.05, 0) is 30.0 Å². The third-order valence-corrected chi connectivity index (χ3v) is 4.77. The SMILES string of the molecule is NC1CC(c2cccs2)CN(C(=O)c2ccccc2)C1. The molecular formula is C16H18N2OS. The van der Waals surface area contributed by atoms with Crippen molar-refractivity contribution in [2.45, 2.75) is 18.4 Å². The summed E-state index contributed by atoms with van der Waals surface area (Å²) in [6, 6.07) is 13.7. The first-order valence-corrected chi connectivity index (χ1v) is 7.75. The summed E-state index contributed by atoms with van der Waals surface area (Å²) >= 11 is 1.75. The highest BCUT2D eigenvalue weighted by Gasteiger charge is 2.29. The molecule has 0 spiro atoms. The lowest BCUT2D eigenvalue weighted by molar-refractivity contribution is 0.0690. The first-order valence-electron chi connectivity index (χ1n) is 6.87. The van der Waals surface area contributed by atoms with Crippen molar-refractivity contribution < 1.29 is 4.79 Å². The van der Waals surface area contributed by atoms with Crippen LogP contribution in [0.5, 0.6) is 0 Å². The molecule has 2 atom stereocenters. The second-order valence-electron chi connectivity index (χ2n) is 5.28. The molecule has 1 aliphatic rings. The van der Waals surface area contributed by atoms with Crippen LogP contribution < -0.4 is 5.73 Å². The zero-order valence-corrected chi connectivity index (χ0v) is 12.1. The number of carbonyl (C=O) groups excluding carboxylic acids is 1. The van der Waals surface area contributed by atoms with E-state index in [0.717, 1.165) is 18.5 Å². The van der Waals surface area contributed by atoms with Crippen molar-refractivity contribution in [2.75, 3.05) is 13.1 Å². The Balaban J connectivity index is 1.78. The number of rotatable bonds is 2. The minimum Gasteiger partial charge on any atom is -0.336 e. The van der Waals surface area contributed by atoms with E-state index >= 15 is 0 Å². The Morgan fingerprint density at radius 1 is 1.15 bits per heavy atom. The molecule has 2 N–H and O–H groups in total. The van der Waals surface area contributed by atoms with Gasteiger partial charge in [0.2, 0.25) is 0 Å². The minimum atomic E-state index is 0.0588. The Morgan fingerprint density at radius 3 is 2.65 bits per heavy atom. The number of likely N-dealkylation sites (tertiary alicyclic amines) is 1. The summed E-state index contributed by atoms with van der Waals surface area (Å²) < 4.78 is 0. The number of nitrogens with two attached hydrogens (primary N) is 1. The van der Waals surface area contributed by atoms with E-state index in [-0.39, 0.29) is 11.9 Å². The highest BCUT2D eigenvalue weighted by molar-refractivity contribution is 7.10. The first-order chi connectivity index (χ1) is 9.74. The van der Waals surface area contributed by atoms with Gasteiger partial charge in [0.05, 0.1) is 0 Å². The van der Waals surface area contributed by atoms with Crippen molar-refractivity contribution in [3.8, 4) is 0 Å². The molecule has 20 heavy (non-hydrogen) atoms. The quantitative estimate of drug-likeness (QED) is 0.922. The molecular weight excluding hydrogens is 268 g/mol. The molecule has 2 heterocycles. The molecule has 3 nitrogen and oxygen atoms in total. The maximum Gasteiger partial charge on any atom is 0.253 e. The Kier molecular flexibility index (Phi) is 3.85. The molecule has 1 aliphatic heterocycles. The number of carbonyl (C=O) groups is 1. The molecule has 3 rings (SSSR count). The number of hydrogen-bond donors (Lipinski definition) is 1. The fraction of sp³-hybridized carbons (Fsp3) is 0.312. The topological polar surface area (TPSA) is 46.3 Å². The molecule has 4 heteroatoms. The third-order valence-electron chi connectivity index (χ3n) is 3.74. The van der Waals surface area contributed by atoms with Crippen LogP contribution >= 0.6 is 11.3 Å². The molecule has 1 aromatic carbocycles. The Hall–Kier alpha value is -1.65. The van der Waals surface area contributed by atoms with Crippen LogP contribution in [0, 0.1) is 0 Å². The number of hydrogen-bond acceptors (Lipinski definition) is 3. The lowest BCUT2D eigenvalue weighted by Gasteiger charge is -2.36. The highest BCUT2D eigenvalue weighted by atomic mass is 32.1. The summed E-state index contributed by atoms with van der Waals surface area (Å²) in [5, 5.41) is 2.08. The summed E-state index contributed by atoms with van der Waals surface area (Å²) in [7, 11) is 0. The fourth-order valence-corrected chi connectivity index (χ4v) is 3.63. The van der Waals surface area contributed by atoms with Gasteiger partial charge in [0.1, 0.15) is 0 Å². The van der Waals surface area contributed by atoms with Crippen molar-refractivity contribution in [2.24, 2.45) is 5.73 Å². The van der Waals surface area contributed by atoms with Crippen molar-refractivity contribution in [1.82, 2.24) is 4.90 Å². The fourth-order valence-electron chi connectivity index (χ4n) is 2.80. The normalized spacial score (nSPS) is 22.8. The molecule has 1 saturated heterocycles. The second-order valence-corrected chi connectivity index (χ2v) is 6.26. The first kappa shape index (κ1) is 13.3. The summed E-state index contributed by atoms with van der Waals surface area (Å²) in [6.45, 7) is 1.41. The number of thiophene rings is 1. The number of nitrogens with zero attached hydrogens (tertiary/aromatic N) is 1. The number of piperidine rings is 1. The van der Waals surface area contributed by atoms with Crippen LogP contribution in [-0.2, 0) is 0 Å². The Morgan fingerprint density at radius 2 is 1.95 bits per heavy atom. The molecule has 2 unspecified atom stereocenters. The van der Waals surface area contributed by atoms with Crippen LogP contribution in [-0.4, -0.2) is 29.9 Å². The largest absolute Gasteiger partial charge is 0.336 e. The van der Waals surface area contributed by atoms with Crippen LogP contribution in [0.15, 0.2) is 47.8 Å². The molecule has 1 amide bonds. The van der Waals surface area contributed by atoms with E-state index in [1.165, 1.54) is 4.88 Å². The maximum atomic E-state index is 12.5. The lowest BCUT2D eigenvalue weighted by Crippen LogP contribution is -2.48. The standard InChI is InChI=1S/C16H18N2OS/c17-14-9-13(15-7-4-8-20-15)10-18(11-14)16(19)12-5-2-1-3-6-12/h1-8,13-14H,9-11,17H2. The average Bonchev–Trinajstić information content (AvgIpc) is 3.01. The van der Waals surface area contributed by atoms with Crippen LogP contribution in [0.2, 0.25) is 0 Å². The van der Waals surface area contributed by atoms with Crippen molar-refractivity contribution in [3.63, 3.8) is 0 Å². The van der Waals surface area contributed by atoms with E-state index < -0.39 is 0 Å². The molecule has 0 saturated carbocycles. The van der Waals surface area contributed by atoms with E-state index in [2.05, 4.69) is 17.5 Å². The summed E-state index contributed by atoms with van der Waals surface area (Å²) in [5.74, 6) is 0.453. The highest BCUT2D eigenvalue weighted by Crippen LogP contribution is 2.30. The van der Waals surface area contributed by atoms with Gasteiger partial charge in [-0.25, -0.2) is 0 Å². The van der Waals surface area contributed by atoms with E-state index in [1.807, 2.05) is 35.2 Å². The maximum absolute atomic E-state index is 12.5. The van der Waals surface area contributed by atoms with Gasteiger partial charge in [-0.2, -0.15) is 0 Å². The van der Waals surface area contributed by atoms with E-state index in [4.69, 9.17) is 5.73 Å². The summed E-state index contributed by atoms with van der Waals surface area (Å²) in [4.78, 5) is 15.8. The van der Waals surface area contributed by atoms with Crippen molar-refractivity contribution >= 4 is 17.2 Å². The molecule has 0 radical (unpaired) electrons. The van der Waals surface area contributed by atoms with Gasteiger partial charge in [0, 0.05) is 35.5 Å². The van der Waals surface area contributed by atoms with Gasteiger partial charge in [-0.1, -0.05) is 24.3 Å². The predicted octanol–water partition coefficient (Wildman–Crippen LogP) is 2.71. The molecule has 1 fully saturated rings. The van der Waals surface area contributed by atoms with Gasteiger partial charge in [0.15, 0.2) is 0 Å². The number of amides is 1. The van der Waals surface area contributed by atoms with Crippen LogP contribution in [0.25, 0.3) is 0 Å². The molecule has 0 bridgehead atoms. The van der Waals surface area contributed by atoms with Gasteiger partial charge in [-0.3, -0.25) is 4.79 Å². The van der Waals surface area contributed by atoms with E-state index in [1.54, 1.807) is 11.3 Å². The zero-order valence-electron chi connectivity index (χ0n) is 11.2.